The second-order valence-electron chi connectivity index (χ2n) is 13.1. The molecule has 0 spiro atoms. The van der Waals surface area contributed by atoms with Crippen molar-refractivity contribution < 1.29 is 63.0 Å². The van der Waals surface area contributed by atoms with Crippen molar-refractivity contribution >= 4 is 41.0 Å². The Hall–Kier alpha value is -4.56. The van der Waals surface area contributed by atoms with Gasteiger partial charge in [-0.1, -0.05) is 72.8 Å². The molecular formula is C40H46N4O9Tc. The summed E-state index contributed by atoms with van der Waals surface area (Å²) in [7, 11) is 4.01. The number of carbonyl (C=O) groups is 5. The maximum atomic E-state index is 13.4. The number of esters is 5. The maximum Gasteiger partial charge on any atom is 0.327 e. The van der Waals surface area contributed by atoms with Crippen LogP contribution in [-0.2, 0) is 58.3 Å². The minimum Gasteiger partial charge on any atom is -0.492 e. The van der Waals surface area contributed by atoms with Crippen LogP contribution in [0.2, 0.25) is 0 Å². The smallest absolute Gasteiger partial charge is 0.327 e. The number of rotatable bonds is 18. The Balaban J connectivity index is 0.00000650. The van der Waals surface area contributed by atoms with Crippen molar-refractivity contribution in [3.05, 3.63) is 102 Å². The van der Waals surface area contributed by atoms with Gasteiger partial charge in [0.15, 0.2) is 0 Å². The van der Waals surface area contributed by atoms with Crippen LogP contribution in [0.15, 0.2) is 84.9 Å². The number of hydrogen-bond acceptors (Lipinski definition) is 13. The molecule has 2 aliphatic rings. The van der Waals surface area contributed by atoms with Gasteiger partial charge in [0, 0.05) is 59.2 Å². The van der Waals surface area contributed by atoms with Crippen molar-refractivity contribution in [3.63, 3.8) is 0 Å². The van der Waals surface area contributed by atoms with E-state index in [-0.39, 0.29) is 59.4 Å². The SMILES string of the molecule is CN(C)CCOc1ccc(/C(=C(/CCOC(=O)CN(CCN2CC(=O)OC(=O)C2)CCN2CC(=O)OC(=O)C2)c2ccccc2)c2ccccc2)cc1.[99Tc]. The summed E-state index contributed by atoms with van der Waals surface area (Å²) >= 11 is 0. The van der Waals surface area contributed by atoms with E-state index in [1.165, 1.54) is 0 Å². The summed E-state index contributed by atoms with van der Waals surface area (Å²) in [6, 6.07) is 28.1. The molecule has 0 bridgehead atoms. The first-order chi connectivity index (χ1) is 25.6. The summed E-state index contributed by atoms with van der Waals surface area (Å²) in [5.41, 5.74) is 5.03. The fourth-order valence-electron chi connectivity index (χ4n) is 6.11. The average molecular weight is 826 g/mol. The van der Waals surface area contributed by atoms with Gasteiger partial charge in [-0.05, 0) is 54.1 Å². The Bertz CT molecular complexity index is 1680. The molecule has 2 aliphatic heterocycles. The molecule has 0 N–H and O–H groups in total. The standard InChI is InChI=1S/C40H46N4O9.Tc/c1-41(2)22-24-50-33-15-13-32(14-16-33)40(31-11-7-4-8-12-31)34(30-9-5-3-6-10-30)17-23-51-35(45)25-42(18-20-43-26-36(46)52-37(47)27-43)19-21-44-28-38(48)53-39(49)29-44;/h3-16H,17-29H2,1-2H3;/b40-34-;/i;1+1. The first-order valence-electron chi connectivity index (χ1n) is 17.6. The van der Waals surface area contributed by atoms with Gasteiger partial charge in [-0.15, -0.1) is 0 Å². The summed E-state index contributed by atoms with van der Waals surface area (Å²) in [4.78, 5) is 67.8. The zero-order chi connectivity index (χ0) is 37.6. The molecule has 13 nitrogen and oxygen atoms in total. The number of nitrogens with zero attached hydrogens (tertiary/aromatic N) is 4. The molecule has 0 aromatic heterocycles. The Morgan fingerprint density at radius 3 is 1.63 bits per heavy atom. The summed E-state index contributed by atoms with van der Waals surface area (Å²) in [5, 5.41) is 0. The summed E-state index contributed by atoms with van der Waals surface area (Å²) in [6.45, 7) is 2.52. The van der Waals surface area contributed by atoms with Crippen LogP contribution in [0, 0.1) is 0 Å². The van der Waals surface area contributed by atoms with Crippen LogP contribution in [-0.4, -0.2) is 142 Å². The normalized spacial score (nSPS) is 15.7. The van der Waals surface area contributed by atoms with Crippen LogP contribution in [0.4, 0.5) is 0 Å². The van der Waals surface area contributed by atoms with Crippen LogP contribution in [0.1, 0.15) is 23.1 Å². The third-order valence-electron chi connectivity index (χ3n) is 8.74. The summed E-state index contributed by atoms with van der Waals surface area (Å²) < 4.78 is 21.1. The van der Waals surface area contributed by atoms with Crippen molar-refractivity contribution in [2.75, 3.05) is 92.8 Å². The predicted molar refractivity (Wildman–Crippen MR) is 196 cm³/mol. The monoisotopic (exact) mass is 825 g/mol. The molecule has 5 rings (SSSR count). The second kappa shape index (κ2) is 21.4. The van der Waals surface area contributed by atoms with Crippen LogP contribution in [0.3, 0.4) is 0 Å². The summed E-state index contributed by atoms with van der Waals surface area (Å²) in [6.07, 6.45) is 0.428. The van der Waals surface area contributed by atoms with E-state index in [1.54, 1.807) is 9.80 Å². The van der Waals surface area contributed by atoms with E-state index >= 15 is 0 Å². The number of hydrogen-bond donors (Lipinski definition) is 0. The van der Waals surface area contributed by atoms with E-state index in [0.717, 1.165) is 40.1 Å². The molecule has 3 aromatic carbocycles. The van der Waals surface area contributed by atoms with E-state index in [0.29, 0.717) is 39.2 Å². The van der Waals surface area contributed by atoms with Gasteiger partial charge in [0.1, 0.15) is 12.4 Å². The molecule has 0 saturated carbocycles. The summed E-state index contributed by atoms with van der Waals surface area (Å²) in [5.74, 6) is -2.18. The van der Waals surface area contributed by atoms with Gasteiger partial charge < -0.3 is 23.8 Å². The van der Waals surface area contributed by atoms with Gasteiger partial charge in [0.25, 0.3) is 0 Å². The zero-order valence-electron chi connectivity index (χ0n) is 30.6. The minimum atomic E-state index is -0.626. The number of carbonyl (C=O) groups excluding carboxylic acids is 5. The van der Waals surface area contributed by atoms with Crippen molar-refractivity contribution in [1.82, 2.24) is 19.6 Å². The number of likely N-dealkylation sites (N-methyl/N-ethyl adjacent to an activating group) is 1. The molecule has 0 atom stereocenters. The number of benzene rings is 3. The predicted octanol–water partition coefficient (Wildman–Crippen LogP) is 2.59. The van der Waals surface area contributed by atoms with Gasteiger partial charge in [0.05, 0.1) is 39.3 Å². The molecule has 287 valence electrons. The molecule has 0 amide bonds. The molecular weight excluding hydrogens is 779 g/mol. The van der Waals surface area contributed by atoms with Crippen LogP contribution in [0.25, 0.3) is 11.1 Å². The van der Waals surface area contributed by atoms with Gasteiger partial charge in [-0.25, -0.2) is 0 Å². The van der Waals surface area contributed by atoms with E-state index in [4.69, 9.17) is 9.47 Å². The third-order valence-corrected chi connectivity index (χ3v) is 8.74. The number of ether oxygens (including phenoxy) is 4. The van der Waals surface area contributed by atoms with Crippen molar-refractivity contribution in [3.8, 4) is 5.75 Å². The van der Waals surface area contributed by atoms with Crippen LogP contribution >= 0.6 is 0 Å². The Morgan fingerprint density at radius 2 is 1.13 bits per heavy atom. The Labute approximate surface area is 329 Å². The van der Waals surface area contributed by atoms with E-state index < -0.39 is 29.8 Å². The van der Waals surface area contributed by atoms with Gasteiger partial charge in [-0.3, -0.25) is 38.7 Å². The first kappa shape index (κ1) is 42.2. The van der Waals surface area contributed by atoms with Crippen molar-refractivity contribution in [2.45, 2.75) is 6.42 Å². The average Bonchev–Trinajstić information content (AvgIpc) is 3.13. The molecule has 2 fully saturated rings. The second-order valence-corrected chi connectivity index (χ2v) is 13.1. The Morgan fingerprint density at radius 1 is 0.648 bits per heavy atom. The minimum absolute atomic E-state index is 0. The number of cyclic esters (lactones) is 4. The Kier molecular flexibility index (Phi) is 16.7. The molecule has 2 heterocycles. The topological polar surface area (TPSA) is 135 Å². The van der Waals surface area contributed by atoms with Crippen molar-refractivity contribution in [2.24, 2.45) is 0 Å². The molecule has 14 heteroatoms. The zero-order valence-corrected chi connectivity index (χ0v) is 32.5. The molecule has 3 aromatic rings. The first-order valence-corrected chi connectivity index (χ1v) is 17.6. The maximum absolute atomic E-state index is 13.4. The molecule has 1 radical (unpaired) electrons. The van der Waals surface area contributed by atoms with E-state index in [1.807, 2.05) is 91.8 Å². The van der Waals surface area contributed by atoms with E-state index in [9.17, 15) is 24.0 Å². The van der Waals surface area contributed by atoms with Gasteiger partial charge >= 0.3 is 29.8 Å². The van der Waals surface area contributed by atoms with E-state index in [2.05, 4.69) is 26.5 Å². The fourth-order valence-corrected chi connectivity index (χ4v) is 6.11. The molecule has 54 heavy (non-hydrogen) atoms. The largest absolute Gasteiger partial charge is 0.492 e. The van der Waals surface area contributed by atoms with Crippen molar-refractivity contribution in [1.29, 1.82) is 0 Å². The van der Waals surface area contributed by atoms with Gasteiger partial charge in [0.2, 0.25) is 0 Å². The molecule has 0 aliphatic carbocycles. The quantitative estimate of drug-likeness (QED) is 0.0806. The third kappa shape index (κ3) is 13.4. The fraction of sp³-hybridized carbons (Fsp3) is 0.375. The van der Waals surface area contributed by atoms with Gasteiger partial charge in [-0.2, -0.15) is 0 Å². The van der Waals surface area contributed by atoms with Crippen LogP contribution < -0.4 is 4.74 Å². The molecule has 2 saturated heterocycles. The molecule has 0 unspecified atom stereocenters. The number of morpholine rings is 2. The van der Waals surface area contributed by atoms with Crippen LogP contribution in [0.5, 0.6) is 5.75 Å².